The number of carbonyl (C=O) groups is 1. The maximum absolute atomic E-state index is 14.2. The topological polar surface area (TPSA) is 99.4 Å². The largest absolute Gasteiger partial charge is 0.370 e. The molecule has 152 valence electrons. The van der Waals surface area contributed by atoms with Crippen LogP contribution in [-0.4, -0.2) is 45.4 Å². The Hall–Kier alpha value is -2.10. The smallest absolute Gasteiger partial charge is 0.219 e. The van der Waals surface area contributed by atoms with E-state index in [1.54, 1.807) is 0 Å². The summed E-state index contributed by atoms with van der Waals surface area (Å²) < 4.78 is 35.5. The summed E-state index contributed by atoms with van der Waals surface area (Å²) >= 11 is 0. The predicted octanol–water partition coefficient (Wildman–Crippen LogP) is 1.43. The van der Waals surface area contributed by atoms with E-state index in [1.807, 2.05) is 10.9 Å². The first kappa shape index (κ1) is 19.2. The van der Waals surface area contributed by atoms with Crippen molar-refractivity contribution >= 4 is 5.91 Å². The Kier molecular flexibility index (Phi) is 5.31. The van der Waals surface area contributed by atoms with Crippen LogP contribution < -0.4 is 11.5 Å². The minimum absolute atomic E-state index is 0.0664. The van der Waals surface area contributed by atoms with E-state index in [0.29, 0.717) is 26.1 Å². The van der Waals surface area contributed by atoms with Crippen molar-refractivity contribution in [2.24, 2.45) is 11.5 Å². The van der Waals surface area contributed by atoms with E-state index >= 15 is 0 Å². The van der Waals surface area contributed by atoms with Gasteiger partial charge in [0.15, 0.2) is 0 Å². The molecule has 1 fully saturated rings. The van der Waals surface area contributed by atoms with Crippen molar-refractivity contribution in [1.29, 1.82) is 0 Å². The lowest BCUT2D eigenvalue weighted by atomic mass is 9.90. The van der Waals surface area contributed by atoms with Crippen LogP contribution in [0.4, 0.5) is 8.78 Å². The number of carbonyl (C=O) groups excluding carboxylic acids is 1. The second kappa shape index (κ2) is 7.73. The fourth-order valence-electron chi connectivity index (χ4n) is 4.25. The summed E-state index contributed by atoms with van der Waals surface area (Å²) in [5.74, 6) is -1.01. The Morgan fingerprint density at radius 3 is 2.89 bits per heavy atom. The highest BCUT2D eigenvalue weighted by Gasteiger charge is 2.38. The van der Waals surface area contributed by atoms with Crippen LogP contribution in [0.3, 0.4) is 0 Å². The number of hydrogen-bond acceptors (Lipinski definition) is 5. The van der Waals surface area contributed by atoms with E-state index < -0.39 is 12.1 Å². The summed E-state index contributed by atoms with van der Waals surface area (Å²) in [6.45, 7) is 2.28. The Morgan fingerprint density at radius 1 is 1.32 bits per heavy atom. The molecule has 2 aliphatic heterocycles. The lowest BCUT2D eigenvalue weighted by molar-refractivity contribution is -0.118. The van der Waals surface area contributed by atoms with E-state index in [4.69, 9.17) is 16.2 Å². The highest BCUT2D eigenvalue weighted by molar-refractivity contribution is 5.73. The molecule has 1 aromatic heterocycles. The molecule has 3 unspecified atom stereocenters. The van der Waals surface area contributed by atoms with Gasteiger partial charge in [-0.25, -0.2) is 8.78 Å². The SMILES string of the molecule is NC(=O)CCn1ncc2c1CN(C1COC(C3=C(F)CCC(F)=C3)C(N)C1)C2. The van der Waals surface area contributed by atoms with Crippen LogP contribution in [0.5, 0.6) is 0 Å². The number of primary amides is 1. The summed E-state index contributed by atoms with van der Waals surface area (Å²) in [6, 6.07) is -0.318. The first-order valence-corrected chi connectivity index (χ1v) is 9.60. The minimum atomic E-state index is -0.613. The lowest BCUT2D eigenvalue weighted by Gasteiger charge is -2.39. The van der Waals surface area contributed by atoms with E-state index in [0.717, 1.165) is 17.8 Å². The molecule has 1 aromatic rings. The normalized spacial score (nSPS) is 28.4. The number of rotatable bonds is 5. The molecular formula is C19H25F2N5O2. The molecule has 0 spiro atoms. The molecule has 1 aliphatic carbocycles. The van der Waals surface area contributed by atoms with Gasteiger partial charge < -0.3 is 16.2 Å². The Morgan fingerprint density at radius 2 is 2.14 bits per heavy atom. The monoisotopic (exact) mass is 393 g/mol. The summed E-state index contributed by atoms with van der Waals surface area (Å²) in [5, 5.41) is 4.33. The van der Waals surface area contributed by atoms with Crippen molar-refractivity contribution < 1.29 is 18.3 Å². The molecule has 28 heavy (non-hydrogen) atoms. The fraction of sp³-hybridized carbons (Fsp3) is 0.579. The number of fused-ring (bicyclic) bond motifs is 1. The number of nitrogens with two attached hydrogens (primary N) is 2. The number of hydrogen-bond donors (Lipinski definition) is 2. The second-order valence-corrected chi connectivity index (χ2v) is 7.72. The second-order valence-electron chi connectivity index (χ2n) is 7.72. The molecule has 0 bridgehead atoms. The van der Waals surface area contributed by atoms with E-state index in [-0.39, 0.29) is 48.4 Å². The number of amides is 1. The van der Waals surface area contributed by atoms with Crippen LogP contribution in [0.1, 0.15) is 36.9 Å². The molecule has 9 heteroatoms. The molecule has 3 heterocycles. The average molecular weight is 393 g/mol. The number of nitrogens with zero attached hydrogens (tertiary/aromatic N) is 3. The molecular weight excluding hydrogens is 368 g/mol. The van der Waals surface area contributed by atoms with Gasteiger partial charge in [-0.3, -0.25) is 14.4 Å². The van der Waals surface area contributed by atoms with Crippen LogP contribution >= 0.6 is 0 Å². The van der Waals surface area contributed by atoms with Crippen LogP contribution in [-0.2, 0) is 29.2 Å². The molecule has 7 nitrogen and oxygen atoms in total. The Labute approximate surface area is 162 Å². The molecule has 4 N–H and O–H groups in total. The highest BCUT2D eigenvalue weighted by Crippen LogP contribution is 2.34. The van der Waals surface area contributed by atoms with Gasteiger partial charge in [0, 0.05) is 55.6 Å². The Bertz CT molecular complexity index is 834. The van der Waals surface area contributed by atoms with E-state index in [9.17, 15) is 13.6 Å². The third kappa shape index (κ3) is 3.74. The quantitative estimate of drug-likeness (QED) is 0.788. The average Bonchev–Trinajstić information content (AvgIpc) is 3.23. The van der Waals surface area contributed by atoms with Crippen LogP contribution in [0.25, 0.3) is 0 Å². The molecule has 1 saturated heterocycles. The van der Waals surface area contributed by atoms with Crippen molar-refractivity contribution in [3.8, 4) is 0 Å². The van der Waals surface area contributed by atoms with Crippen LogP contribution in [0.15, 0.2) is 29.5 Å². The summed E-state index contributed by atoms with van der Waals surface area (Å²) in [6.07, 6.45) is 3.49. The van der Waals surface area contributed by atoms with Gasteiger partial charge in [0.2, 0.25) is 5.91 Å². The third-order valence-electron chi connectivity index (χ3n) is 5.76. The number of aryl methyl sites for hydroxylation is 1. The zero-order valence-electron chi connectivity index (χ0n) is 15.6. The lowest BCUT2D eigenvalue weighted by Crippen LogP contribution is -2.51. The van der Waals surface area contributed by atoms with Gasteiger partial charge in [0.25, 0.3) is 0 Å². The third-order valence-corrected chi connectivity index (χ3v) is 5.76. The number of allylic oxidation sites excluding steroid dienone is 2. The maximum atomic E-state index is 14.2. The fourth-order valence-corrected chi connectivity index (χ4v) is 4.25. The molecule has 1 amide bonds. The van der Waals surface area contributed by atoms with Gasteiger partial charge in [-0.2, -0.15) is 5.10 Å². The van der Waals surface area contributed by atoms with E-state index in [1.165, 1.54) is 6.08 Å². The first-order valence-electron chi connectivity index (χ1n) is 9.60. The number of aromatic nitrogens is 2. The van der Waals surface area contributed by atoms with Gasteiger partial charge >= 0.3 is 0 Å². The molecule has 0 saturated carbocycles. The van der Waals surface area contributed by atoms with Crippen molar-refractivity contribution in [2.45, 2.75) is 63.5 Å². The van der Waals surface area contributed by atoms with Crippen molar-refractivity contribution in [3.05, 3.63) is 40.8 Å². The van der Waals surface area contributed by atoms with Crippen molar-refractivity contribution in [2.75, 3.05) is 6.61 Å². The minimum Gasteiger partial charge on any atom is -0.370 e. The molecule has 0 aromatic carbocycles. The van der Waals surface area contributed by atoms with Gasteiger partial charge in [-0.15, -0.1) is 0 Å². The summed E-state index contributed by atoms with van der Waals surface area (Å²) in [7, 11) is 0. The van der Waals surface area contributed by atoms with Gasteiger partial charge in [-0.1, -0.05) is 0 Å². The predicted molar refractivity (Wildman–Crippen MR) is 98.0 cm³/mol. The number of ether oxygens (including phenoxy) is 1. The van der Waals surface area contributed by atoms with Crippen LogP contribution in [0.2, 0.25) is 0 Å². The molecule has 0 radical (unpaired) electrons. The zero-order valence-corrected chi connectivity index (χ0v) is 15.6. The first-order chi connectivity index (χ1) is 13.4. The highest BCUT2D eigenvalue weighted by atomic mass is 19.1. The van der Waals surface area contributed by atoms with Crippen LogP contribution in [0, 0.1) is 0 Å². The zero-order chi connectivity index (χ0) is 19.8. The molecule has 3 atom stereocenters. The standard InChI is InChI=1S/C19H25F2N5O2/c20-12-1-2-15(21)14(5-12)19-16(22)6-13(10-28-19)25-8-11-7-24-26(17(11)9-25)4-3-18(23)27/h5,7,13,16,19H,1-4,6,8-10,22H2,(H2,23,27). The van der Waals surface area contributed by atoms with Gasteiger partial charge in [-0.05, 0) is 12.5 Å². The van der Waals surface area contributed by atoms with Gasteiger partial charge in [0.1, 0.15) is 17.8 Å². The number of halogens is 2. The Balaban J connectivity index is 1.39. The van der Waals surface area contributed by atoms with Gasteiger partial charge in [0.05, 0.1) is 25.0 Å². The van der Waals surface area contributed by atoms with Crippen molar-refractivity contribution in [3.63, 3.8) is 0 Å². The maximum Gasteiger partial charge on any atom is 0.219 e. The molecule has 4 rings (SSSR count). The van der Waals surface area contributed by atoms with Crippen molar-refractivity contribution in [1.82, 2.24) is 14.7 Å². The summed E-state index contributed by atoms with van der Waals surface area (Å²) in [4.78, 5) is 13.3. The van der Waals surface area contributed by atoms with E-state index in [2.05, 4.69) is 10.00 Å². The summed E-state index contributed by atoms with van der Waals surface area (Å²) in [5.41, 5.74) is 14.0. The molecule has 3 aliphatic rings.